The number of aliphatic hydroxyl groups is 1. The Hall–Kier alpha value is -1.46. The van der Waals surface area contributed by atoms with Crippen LogP contribution in [0.2, 0.25) is 0 Å². The van der Waals surface area contributed by atoms with Crippen molar-refractivity contribution in [2.45, 2.75) is 6.42 Å². The van der Waals surface area contributed by atoms with Crippen LogP contribution < -0.4 is 0 Å². The number of carbonyl (C=O) groups excluding carboxylic acids is 2. The van der Waals surface area contributed by atoms with Gasteiger partial charge in [-0.05, 0) is 22.6 Å². The van der Waals surface area contributed by atoms with Crippen LogP contribution in [0.1, 0.15) is 27.1 Å². The number of benzene rings is 1. The van der Waals surface area contributed by atoms with Crippen LogP contribution in [-0.2, 0) is 4.52 Å². The first-order valence-corrected chi connectivity index (χ1v) is 7.53. The number of Topliss-reactive ketones (excluding diaryl/α,β-unsaturated/α-hetero) is 2. The maximum atomic E-state index is 12.5. The number of fused-ring (bicyclic) bond motifs is 1. The van der Waals surface area contributed by atoms with Crippen LogP contribution in [-0.4, -0.2) is 16.7 Å². The van der Waals surface area contributed by atoms with Gasteiger partial charge >= 0.3 is 0 Å². The number of halogens is 1. The number of hydrogen-bond acceptors (Lipinski definition) is 4. The lowest BCUT2D eigenvalue weighted by atomic mass is 9.94. The summed E-state index contributed by atoms with van der Waals surface area (Å²) < 4.78 is 5.55. The molecule has 0 amide bonds. The first-order valence-electron chi connectivity index (χ1n) is 5.98. The Bertz CT molecular complexity index is 703. The quantitative estimate of drug-likeness (QED) is 0.430. The Morgan fingerprint density at radius 1 is 1.24 bits per heavy atom. The lowest BCUT2D eigenvalue weighted by Crippen LogP contribution is -2.13. The third-order valence-corrected chi connectivity index (χ3v) is 4.43. The summed E-state index contributed by atoms with van der Waals surface area (Å²) in [5, 5.41) is 9.90. The van der Waals surface area contributed by atoms with Crippen LogP contribution in [0, 0.1) is 0 Å². The van der Waals surface area contributed by atoms with Crippen molar-refractivity contribution in [2.24, 2.45) is 0 Å². The first kappa shape index (κ1) is 15.9. The Labute approximate surface area is 138 Å². The van der Waals surface area contributed by atoms with Gasteiger partial charge in [0.2, 0.25) is 0 Å². The summed E-state index contributed by atoms with van der Waals surface area (Å²) in [6.07, 6.45) is 1.12. The van der Waals surface area contributed by atoms with Crippen molar-refractivity contribution < 1.29 is 19.2 Å². The number of allylic oxidation sites excluding steroid dienone is 4. The van der Waals surface area contributed by atoms with Crippen LogP contribution in [0.15, 0.2) is 57.6 Å². The zero-order chi connectivity index (χ0) is 15.6. The number of aliphatic hydroxyl groups excluding tert-OH is 1. The molecule has 108 valence electrons. The SMILES string of the molecule is C=C1C(=O)c2ccccc2C(=O)C/C(O)=C\C(OP)=C1I. The van der Waals surface area contributed by atoms with Gasteiger partial charge in [-0.25, -0.2) is 0 Å². The third-order valence-electron chi connectivity index (χ3n) is 2.99. The molecule has 0 radical (unpaired) electrons. The highest BCUT2D eigenvalue weighted by Crippen LogP contribution is 2.30. The second-order valence-corrected chi connectivity index (χ2v) is 5.70. The summed E-state index contributed by atoms with van der Waals surface area (Å²) >= 11 is 1.93. The monoisotopic (exact) mass is 414 g/mol. The van der Waals surface area contributed by atoms with Crippen molar-refractivity contribution >= 4 is 43.6 Å². The maximum Gasteiger partial charge on any atom is 0.194 e. The van der Waals surface area contributed by atoms with Crippen LogP contribution in [0.3, 0.4) is 0 Å². The molecule has 0 bridgehead atoms. The molecule has 6 heteroatoms. The molecular weight excluding hydrogens is 402 g/mol. The molecule has 2 rings (SSSR count). The lowest BCUT2D eigenvalue weighted by molar-refractivity contribution is 0.0964. The Morgan fingerprint density at radius 2 is 1.86 bits per heavy atom. The van der Waals surface area contributed by atoms with Gasteiger partial charge in [-0.3, -0.25) is 9.59 Å². The summed E-state index contributed by atoms with van der Waals surface area (Å²) in [5.74, 6) is -0.537. The van der Waals surface area contributed by atoms with E-state index in [1.165, 1.54) is 6.08 Å². The molecule has 1 atom stereocenters. The van der Waals surface area contributed by atoms with Crippen molar-refractivity contribution in [2.75, 3.05) is 0 Å². The highest BCUT2D eigenvalue weighted by molar-refractivity contribution is 14.1. The van der Waals surface area contributed by atoms with E-state index < -0.39 is 0 Å². The average Bonchev–Trinajstić information content (AvgIpc) is 2.49. The van der Waals surface area contributed by atoms with Gasteiger partial charge in [-0.2, -0.15) is 0 Å². The Balaban J connectivity index is 2.69. The van der Waals surface area contributed by atoms with Crippen LogP contribution >= 0.6 is 32.1 Å². The van der Waals surface area contributed by atoms with Gasteiger partial charge < -0.3 is 9.63 Å². The van der Waals surface area contributed by atoms with E-state index in [0.717, 1.165) is 0 Å². The third kappa shape index (κ3) is 3.24. The molecule has 1 aromatic rings. The van der Waals surface area contributed by atoms with Crippen molar-refractivity contribution in [3.63, 3.8) is 0 Å². The smallest absolute Gasteiger partial charge is 0.194 e. The van der Waals surface area contributed by atoms with E-state index in [9.17, 15) is 14.7 Å². The maximum absolute atomic E-state index is 12.5. The number of ketones is 2. The van der Waals surface area contributed by atoms with Crippen molar-refractivity contribution in [1.82, 2.24) is 0 Å². The second kappa shape index (κ2) is 6.54. The average molecular weight is 414 g/mol. The molecular formula is C15H12IO4P. The summed E-state index contributed by atoms with van der Waals surface area (Å²) in [7, 11) is 2.05. The number of hydrogen-bond donors (Lipinski definition) is 1. The zero-order valence-electron chi connectivity index (χ0n) is 10.9. The van der Waals surface area contributed by atoms with Crippen molar-refractivity contribution in [3.05, 3.63) is 68.7 Å². The van der Waals surface area contributed by atoms with Gasteiger partial charge in [0.25, 0.3) is 0 Å². The standard InChI is InChI=1S/C15H12IO4P/c1-8-14(16)13(20-21)7-9(17)6-12(18)10-4-2-3-5-11(10)15(8)19/h2-5,7,17H,1,6,21H2/b9-7+,14-13?. The largest absolute Gasteiger partial charge is 0.512 e. The van der Waals surface area contributed by atoms with Crippen LogP contribution in [0.4, 0.5) is 0 Å². The van der Waals surface area contributed by atoms with E-state index in [4.69, 9.17) is 4.52 Å². The molecule has 0 fully saturated rings. The highest BCUT2D eigenvalue weighted by atomic mass is 127. The first-order chi connectivity index (χ1) is 9.95. The fraction of sp³-hybridized carbons (Fsp3) is 0.0667. The zero-order valence-corrected chi connectivity index (χ0v) is 14.2. The minimum atomic E-state index is -0.335. The molecule has 0 saturated carbocycles. The number of carbonyl (C=O) groups is 2. The Morgan fingerprint density at radius 3 is 2.48 bits per heavy atom. The topological polar surface area (TPSA) is 63.6 Å². The molecule has 0 saturated heterocycles. The van der Waals surface area contributed by atoms with Crippen molar-refractivity contribution in [3.8, 4) is 0 Å². The minimum Gasteiger partial charge on any atom is -0.512 e. The van der Waals surface area contributed by atoms with Gasteiger partial charge in [0.05, 0.1) is 19.5 Å². The second-order valence-electron chi connectivity index (χ2n) is 4.38. The van der Waals surface area contributed by atoms with Gasteiger partial charge in [0.1, 0.15) is 11.5 Å². The van der Waals surface area contributed by atoms with E-state index in [1.54, 1.807) is 24.3 Å². The summed E-state index contributed by atoms with van der Waals surface area (Å²) in [5.41, 5.74) is 0.766. The Kier molecular flexibility index (Phi) is 4.96. The normalized spacial score (nSPS) is 19.0. The van der Waals surface area contributed by atoms with Gasteiger partial charge in [-0.15, -0.1) is 0 Å². The molecule has 1 aromatic carbocycles. The van der Waals surface area contributed by atoms with E-state index >= 15 is 0 Å². The molecule has 4 nitrogen and oxygen atoms in total. The van der Waals surface area contributed by atoms with Crippen molar-refractivity contribution in [1.29, 1.82) is 0 Å². The molecule has 1 unspecified atom stereocenters. The van der Waals surface area contributed by atoms with Gasteiger partial charge in [-0.1, -0.05) is 30.8 Å². The summed E-state index contributed by atoms with van der Waals surface area (Å²) in [6.45, 7) is 3.77. The van der Waals surface area contributed by atoms with Gasteiger partial charge in [0.15, 0.2) is 11.6 Å². The summed E-state index contributed by atoms with van der Waals surface area (Å²) in [6, 6.07) is 6.51. The van der Waals surface area contributed by atoms with Crippen LogP contribution in [0.5, 0.6) is 0 Å². The molecule has 0 spiro atoms. The fourth-order valence-corrected chi connectivity index (χ4v) is 2.90. The molecule has 1 aliphatic rings. The predicted molar refractivity (Wildman–Crippen MR) is 91.4 cm³/mol. The summed E-state index contributed by atoms with van der Waals surface area (Å²) in [4.78, 5) is 24.7. The van der Waals surface area contributed by atoms with E-state index in [0.29, 0.717) is 3.58 Å². The van der Waals surface area contributed by atoms with E-state index in [-0.39, 0.29) is 46.2 Å². The minimum absolute atomic E-state index is 0.136. The molecule has 0 aromatic heterocycles. The van der Waals surface area contributed by atoms with E-state index in [2.05, 4.69) is 6.58 Å². The van der Waals surface area contributed by atoms with E-state index in [1.807, 2.05) is 32.1 Å². The number of rotatable bonds is 1. The lowest BCUT2D eigenvalue weighted by Gasteiger charge is -2.13. The molecule has 21 heavy (non-hydrogen) atoms. The van der Waals surface area contributed by atoms with Gasteiger partial charge in [0, 0.05) is 22.8 Å². The predicted octanol–water partition coefficient (Wildman–Crippen LogP) is 3.91. The molecule has 1 aliphatic carbocycles. The van der Waals surface area contributed by atoms with Crippen LogP contribution in [0.25, 0.3) is 0 Å². The molecule has 0 heterocycles. The molecule has 0 aliphatic heterocycles. The molecule has 1 N–H and O–H groups in total. The highest BCUT2D eigenvalue weighted by Gasteiger charge is 2.23. The fourth-order valence-electron chi connectivity index (χ4n) is 1.95.